The molecular formula is C21H32O2S. The summed E-state index contributed by atoms with van der Waals surface area (Å²) >= 11 is 1.99. The summed E-state index contributed by atoms with van der Waals surface area (Å²) in [6, 6.07) is 10.8. The molecule has 0 amide bonds. The van der Waals surface area contributed by atoms with Crippen molar-refractivity contribution in [3.8, 4) is 0 Å². The second-order valence-corrected chi connectivity index (χ2v) is 8.76. The third-order valence-electron chi connectivity index (χ3n) is 5.74. The summed E-state index contributed by atoms with van der Waals surface area (Å²) in [6.45, 7) is 6.17. The highest BCUT2D eigenvalue weighted by Crippen LogP contribution is 2.64. The molecular weight excluding hydrogens is 316 g/mol. The van der Waals surface area contributed by atoms with Crippen LogP contribution in [-0.2, 0) is 9.47 Å². The van der Waals surface area contributed by atoms with Crippen molar-refractivity contribution >= 4 is 11.8 Å². The van der Waals surface area contributed by atoms with E-state index in [0.717, 1.165) is 19.6 Å². The SMILES string of the molecule is CCCCCCCC1(C2(C(C)Sc3ccccc3)CC2)OCCO1. The quantitative estimate of drug-likeness (QED) is 0.379. The number of hydrogen-bond acceptors (Lipinski definition) is 3. The van der Waals surface area contributed by atoms with Gasteiger partial charge in [-0.2, -0.15) is 0 Å². The lowest BCUT2D eigenvalue weighted by molar-refractivity contribution is -0.211. The van der Waals surface area contributed by atoms with Crippen molar-refractivity contribution in [1.82, 2.24) is 0 Å². The molecule has 1 aromatic carbocycles. The van der Waals surface area contributed by atoms with Gasteiger partial charge < -0.3 is 9.47 Å². The molecule has 0 bridgehead atoms. The second-order valence-electron chi connectivity index (χ2n) is 7.34. The zero-order chi connectivity index (χ0) is 16.9. The van der Waals surface area contributed by atoms with Crippen LogP contribution in [0.25, 0.3) is 0 Å². The van der Waals surface area contributed by atoms with Gasteiger partial charge in [-0.15, -0.1) is 11.8 Å². The summed E-state index contributed by atoms with van der Waals surface area (Å²) in [5.74, 6) is -0.319. The number of ether oxygens (including phenoxy) is 2. The van der Waals surface area contributed by atoms with Gasteiger partial charge in [0.1, 0.15) is 0 Å². The molecule has 1 saturated heterocycles. The maximum Gasteiger partial charge on any atom is 0.175 e. The summed E-state index contributed by atoms with van der Waals surface area (Å²) in [5, 5.41) is 0.522. The fraction of sp³-hybridized carbons (Fsp3) is 0.714. The number of rotatable bonds is 10. The van der Waals surface area contributed by atoms with Gasteiger partial charge in [-0.05, 0) is 31.4 Å². The molecule has 0 spiro atoms. The molecule has 0 N–H and O–H groups in total. The molecule has 1 atom stereocenters. The van der Waals surface area contributed by atoms with Crippen molar-refractivity contribution in [3.05, 3.63) is 30.3 Å². The Bertz CT molecular complexity index is 492. The van der Waals surface area contributed by atoms with Gasteiger partial charge in [0.05, 0.1) is 13.2 Å². The van der Waals surface area contributed by atoms with Crippen molar-refractivity contribution in [2.75, 3.05) is 13.2 Å². The van der Waals surface area contributed by atoms with E-state index in [9.17, 15) is 0 Å². The summed E-state index contributed by atoms with van der Waals surface area (Å²) < 4.78 is 12.6. The molecule has 1 aliphatic carbocycles. The Balaban J connectivity index is 1.63. The Morgan fingerprint density at radius 1 is 1.00 bits per heavy atom. The predicted molar refractivity (Wildman–Crippen MR) is 101 cm³/mol. The Kier molecular flexibility index (Phi) is 6.28. The molecule has 0 aromatic heterocycles. The van der Waals surface area contributed by atoms with Crippen molar-refractivity contribution in [2.45, 2.75) is 81.1 Å². The largest absolute Gasteiger partial charge is 0.347 e. The van der Waals surface area contributed by atoms with E-state index in [4.69, 9.17) is 9.47 Å². The molecule has 1 saturated carbocycles. The summed E-state index contributed by atoms with van der Waals surface area (Å²) in [7, 11) is 0. The van der Waals surface area contributed by atoms with Crippen LogP contribution in [0.1, 0.15) is 65.2 Å². The van der Waals surface area contributed by atoms with Crippen molar-refractivity contribution in [1.29, 1.82) is 0 Å². The van der Waals surface area contributed by atoms with E-state index in [2.05, 4.69) is 44.2 Å². The van der Waals surface area contributed by atoms with Gasteiger partial charge in [0, 0.05) is 22.0 Å². The first-order chi connectivity index (χ1) is 11.7. The molecule has 2 fully saturated rings. The first-order valence-electron chi connectivity index (χ1n) is 9.72. The summed E-state index contributed by atoms with van der Waals surface area (Å²) in [5.41, 5.74) is 0.203. The summed E-state index contributed by atoms with van der Waals surface area (Å²) in [4.78, 5) is 1.35. The molecule has 0 radical (unpaired) electrons. The fourth-order valence-corrected chi connectivity index (χ4v) is 5.51. The third kappa shape index (κ3) is 3.84. The molecule has 3 heteroatoms. The molecule has 3 rings (SSSR count). The van der Waals surface area contributed by atoms with E-state index in [1.54, 1.807) is 0 Å². The van der Waals surface area contributed by atoms with Crippen LogP contribution < -0.4 is 0 Å². The predicted octanol–water partition coefficient (Wildman–Crippen LogP) is 6.05. The molecule has 1 aromatic rings. The van der Waals surface area contributed by atoms with Crippen LogP contribution in [0.3, 0.4) is 0 Å². The van der Waals surface area contributed by atoms with Crippen LogP contribution in [0.2, 0.25) is 0 Å². The van der Waals surface area contributed by atoms with Crippen LogP contribution in [0.15, 0.2) is 35.2 Å². The Hall–Kier alpha value is -0.510. The zero-order valence-corrected chi connectivity index (χ0v) is 16.1. The number of unbranched alkanes of at least 4 members (excludes halogenated alkanes) is 4. The van der Waals surface area contributed by atoms with Gasteiger partial charge in [0.2, 0.25) is 0 Å². The van der Waals surface area contributed by atoms with Crippen LogP contribution in [0.4, 0.5) is 0 Å². The Morgan fingerprint density at radius 2 is 1.67 bits per heavy atom. The lowest BCUT2D eigenvalue weighted by atomic mass is 9.87. The van der Waals surface area contributed by atoms with E-state index >= 15 is 0 Å². The lowest BCUT2D eigenvalue weighted by Gasteiger charge is -2.40. The van der Waals surface area contributed by atoms with Gasteiger partial charge in [-0.25, -0.2) is 0 Å². The van der Waals surface area contributed by atoms with E-state index in [1.807, 2.05) is 11.8 Å². The monoisotopic (exact) mass is 348 g/mol. The van der Waals surface area contributed by atoms with Gasteiger partial charge in [-0.1, -0.05) is 57.7 Å². The number of benzene rings is 1. The van der Waals surface area contributed by atoms with E-state index < -0.39 is 0 Å². The zero-order valence-electron chi connectivity index (χ0n) is 15.3. The fourth-order valence-electron chi connectivity index (χ4n) is 4.14. The highest BCUT2D eigenvalue weighted by Gasteiger charge is 2.65. The normalized spacial score (nSPS) is 22.4. The molecule has 2 aliphatic rings. The Labute approximate surface area is 151 Å². The van der Waals surface area contributed by atoms with Crippen LogP contribution in [0.5, 0.6) is 0 Å². The third-order valence-corrected chi connectivity index (χ3v) is 7.09. The highest BCUT2D eigenvalue weighted by molar-refractivity contribution is 8.00. The van der Waals surface area contributed by atoms with Crippen LogP contribution >= 0.6 is 11.8 Å². The molecule has 134 valence electrons. The molecule has 1 aliphatic heterocycles. The minimum absolute atomic E-state index is 0.203. The maximum absolute atomic E-state index is 6.30. The molecule has 1 heterocycles. The smallest absolute Gasteiger partial charge is 0.175 e. The van der Waals surface area contributed by atoms with Crippen LogP contribution in [0, 0.1) is 5.41 Å². The topological polar surface area (TPSA) is 18.5 Å². The lowest BCUT2D eigenvalue weighted by Crippen LogP contribution is -2.45. The van der Waals surface area contributed by atoms with Gasteiger partial charge in [0.25, 0.3) is 0 Å². The molecule has 1 unspecified atom stereocenters. The first-order valence-corrected chi connectivity index (χ1v) is 10.6. The minimum Gasteiger partial charge on any atom is -0.347 e. The number of thioether (sulfide) groups is 1. The maximum atomic E-state index is 6.30. The first kappa shape index (κ1) is 18.3. The average molecular weight is 349 g/mol. The molecule has 2 nitrogen and oxygen atoms in total. The van der Waals surface area contributed by atoms with E-state index in [1.165, 1.54) is 49.8 Å². The van der Waals surface area contributed by atoms with Crippen molar-refractivity contribution in [2.24, 2.45) is 5.41 Å². The van der Waals surface area contributed by atoms with E-state index in [-0.39, 0.29) is 11.2 Å². The average Bonchev–Trinajstić information content (AvgIpc) is 3.29. The van der Waals surface area contributed by atoms with Gasteiger partial charge in [-0.3, -0.25) is 0 Å². The van der Waals surface area contributed by atoms with Crippen molar-refractivity contribution < 1.29 is 9.47 Å². The summed E-state index contributed by atoms with van der Waals surface area (Å²) in [6.07, 6.45) is 10.1. The van der Waals surface area contributed by atoms with E-state index in [0.29, 0.717) is 5.25 Å². The number of hydrogen-bond donors (Lipinski definition) is 0. The van der Waals surface area contributed by atoms with Gasteiger partial charge in [0.15, 0.2) is 5.79 Å². The second kappa shape index (κ2) is 8.25. The Morgan fingerprint density at radius 3 is 2.29 bits per heavy atom. The minimum atomic E-state index is -0.319. The van der Waals surface area contributed by atoms with Crippen LogP contribution in [-0.4, -0.2) is 24.3 Å². The highest BCUT2D eigenvalue weighted by atomic mass is 32.2. The molecule has 24 heavy (non-hydrogen) atoms. The van der Waals surface area contributed by atoms with Crippen molar-refractivity contribution in [3.63, 3.8) is 0 Å². The van der Waals surface area contributed by atoms with Gasteiger partial charge >= 0.3 is 0 Å². The standard InChI is InChI=1S/C21H32O2S/c1-3-4-5-6-10-13-21(22-16-17-23-21)20(14-15-20)18(2)24-19-11-8-7-9-12-19/h7-9,11-12,18H,3-6,10,13-17H2,1-2H3.